The van der Waals surface area contributed by atoms with E-state index in [9.17, 15) is 22.6 Å². The van der Waals surface area contributed by atoms with Crippen LogP contribution in [-0.4, -0.2) is 37.5 Å². The summed E-state index contributed by atoms with van der Waals surface area (Å²) in [5.41, 5.74) is -0.609. The van der Waals surface area contributed by atoms with Gasteiger partial charge in [-0.1, -0.05) is 42.5 Å². The van der Waals surface area contributed by atoms with Gasteiger partial charge in [-0.15, -0.1) is 0 Å². The molecular weight excluding hydrogens is 624 g/mol. The van der Waals surface area contributed by atoms with Gasteiger partial charge in [-0.05, 0) is 96.7 Å². The zero-order valence-corrected chi connectivity index (χ0v) is 29.1. The van der Waals surface area contributed by atoms with Crippen molar-refractivity contribution in [3.05, 3.63) is 83.9 Å². The van der Waals surface area contributed by atoms with Gasteiger partial charge in [0, 0.05) is 19.4 Å². The molecule has 0 aliphatic rings. The SMILES string of the molecule is CC(OC(=O)C(C)(C)C)Oc1cccc(C(CCCc2cccc(Oc3ccccc3)c2)S(=O)(=O)O)c1OC(C)OC(=O)C(C)(C)C. The summed E-state index contributed by atoms with van der Waals surface area (Å²) < 4.78 is 64.9. The molecule has 3 aromatic rings. The highest BCUT2D eigenvalue weighted by atomic mass is 32.2. The summed E-state index contributed by atoms with van der Waals surface area (Å²) >= 11 is 0. The van der Waals surface area contributed by atoms with Gasteiger partial charge in [0.05, 0.1) is 10.8 Å². The Bertz CT molecular complexity index is 1600. The minimum absolute atomic E-state index is 0.0210. The van der Waals surface area contributed by atoms with E-state index >= 15 is 0 Å². The van der Waals surface area contributed by atoms with Crippen LogP contribution in [0.1, 0.15) is 84.6 Å². The number of ether oxygens (including phenoxy) is 5. The Morgan fingerprint density at radius 2 is 1.30 bits per heavy atom. The maximum Gasteiger partial charge on any atom is 0.314 e. The molecule has 0 aromatic heterocycles. The monoisotopic (exact) mass is 670 g/mol. The highest BCUT2D eigenvalue weighted by Gasteiger charge is 2.33. The first-order valence-corrected chi connectivity index (χ1v) is 17.0. The van der Waals surface area contributed by atoms with E-state index in [1.54, 1.807) is 47.6 Å². The van der Waals surface area contributed by atoms with Gasteiger partial charge in [0.25, 0.3) is 10.1 Å². The van der Waals surface area contributed by atoms with E-state index in [2.05, 4.69) is 0 Å². The van der Waals surface area contributed by atoms with E-state index in [1.807, 2.05) is 54.6 Å². The zero-order chi connectivity index (χ0) is 35.0. The lowest BCUT2D eigenvalue weighted by Crippen LogP contribution is -2.31. The van der Waals surface area contributed by atoms with Crippen LogP contribution in [0.15, 0.2) is 72.8 Å². The molecule has 0 aliphatic carbocycles. The predicted molar refractivity (Wildman–Crippen MR) is 178 cm³/mol. The Balaban J connectivity index is 1.89. The fourth-order valence-corrected chi connectivity index (χ4v) is 5.37. The summed E-state index contributed by atoms with van der Waals surface area (Å²) in [7, 11) is -4.66. The smallest absolute Gasteiger partial charge is 0.314 e. The first-order chi connectivity index (χ1) is 21.8. The Morgan fingerprint density at radius 3 is 1.87 bits per heavy atom. The van der Waals surface area contributed by atoms with E-state index in [-0.39, 0.29) is 23.5 Å². The summed E-state index contributed by atoms with van der Waals surface area (Å²) in [6, 6.07) is 21.4. The number of esters is 2. The molecule has 47 heavy (non-hydrogen) atoms. The molecule has 256 valence electrons. The number of hydrogen-bond acceptors (Lipinski definition) is 9. The third-order valence-corrected chi connectivity index (χ3v) is 8.08. The summed E-state index contributed by atoms with van der Waals surface area (Å²) in [5, 5.41) is -1.41. The second-order valence-corrected chi connectivity index (χ2v) is 14.9. The molecule has 3 aromatic carbocycles. The van der Waals surface area contributed by atoms with Gasteiger partial charge in [-0.2, -0.15) is 8.42 Å². The molecule has 0 saturated carbocycles. The topological polar surface area (TPSA) is 135 Å². The third kappa shape index (κ3) is 11.6. The molecule has 1 N–H and O–H groups in total. The van der Waals surface area contributed by atoms with Crippen molar-refractivity contribution in [2.75, 3.05) is 0 Å². The van der Waals surface area contributed by atoms with Crippen LogP contribution in [0.4, 0.5) is 0 Å². The largest absolute Gasteiger partial charge is 0.457 e. The number of rotatable bonds is 14. The number of para-hydroxylation sites is 2. The zero-order valence-electron chi connectivity index (χ0n) is 28.3. The fraction of sp³-hybridized carbons (Fsp3) is 0.444. The van der Waals surface area contributed by atoms with E-state index in [0.717, 1.165) is 5.56 Å². The number of hydrogen-bond donors (Lipinski definition) is 1. The molecule has 0 amide bonds. The van der Waals surface area contributed by atoms with E-state index in [1.165, 1.54) is 26.0 Å². The molecule has 3 atom stereocenters. The van der Waals surface area contributed by atoms with Gasteiger partial charge >= 0.3 is 11.9 Å². The van der Waals surface area contributed by atoms with Crippen molar-refractivity contribution in [2.24, 2.45) is 10.8 Å². The Labute approximate surface area is 278 Å². The molecule has 3 unspecified atom stereocenters. The van der Waals surface area contributed by atoms with E-state index in [4.69, 9.17) is 23.7 Å². The number of carbonyl (C=O) groups is 2. The van der Waals surface area contributed by atoms with E-state index < -0.39 is 50.7 Å². The van der Waals surface area contributed by atoms with Crippen molar-refractivity contribution in [1.82, 2.24) is 0 Å². The molecule has 0 aliphatic heterocycles. The number of carbonyl (C=O) groups excluding carboxylic acids is 2. The van der Waals surface area contributed by atoms with E-state index in [0.29, 0.717) is 24.3 Å². The molecule has 3 rings (SSSR count). The lowest BCUT2D eigenvalue weighted by atomic mass is 9.97. The van der Waals surface area contributed by atoms with Crippen molar-refractivity contribution in [3.8, 4) is 23.0 Å². The van der Waals surface area contributed by atoms with Crippen LogP contribution in [0.2, 0.25) is 0 Å². The quantitative estimate of drug-likeness (QED) is 0.102. The van der Waals surface area contributed by atoms with Crippen LogP contribution in [0.5, 0.6) is 23.0 Å². The molecular formula is C36H46O10S. The minimum Gasteiger partial charge on any atom is -0.457 e. The highest BCUT2D eigenvalue weighted by Crippen LogP contribution is 2.41. The number of benzene rings is 3. The first-order valence-electron chi connectivity index (χ1n) is 15.5. The molecule has 0 radical (unpaired) electrons. The Hall–Kier alpha value is -4.09. The van der Waals surface area contributed by atoms with Crippen LogP contribution in [0.25, 0.3) is 0 Å². The van der Waals surface area contributed by atoms with Crippen molar-refractivity contribution < 1.29 is 46.2 Å². The van der Waals surface area contributed by atoms with Gasteiger partial charge in [0.2, 0.25) is 12.6 Å². The third-order valence-electron chi connectivity index (χ3n) is 6.87. The van der Waals surface area contributed by atoms with Crippen LogP contribution in [0, 0.1) is 10.8 Å². The van der Waals surface area contributed by atoms with Crippen molar-refractivity contribution in [1.29, 1.82) is 0 Å². The average molecular weight is 671 g/mol. The van der Waals surface area contributed by atoms with Crippen molar-refractivity contribution in [2.45, 2.75) is 92.5 Å². The lowest BCUT2D eigenvalue weighted by Gasteiger charge is -2.27. The highest BCUT2D eigenvalue weighted by molar-refractivity contribution is 7.86. The van der Waals surface area contributed by atoms with Gasteiger partial charge in [0.15, 0.2) is 11.5 Å². The first kappa shape index (κ1) is 37.4. The molecule has 11 heteroatoms. The standard InChI is InChI=1S/C36H46O10S/c1-24(44-33(37)35(3,4)5)42-30-21-14-20-29(32(30)43-25(2)45-34(38)36(6,7)8)31(47(39,40)41)22-13-16-26-15-12-19-28(23-26)46-27-17-10-9-11-18-27/h9-12,14-15,17-21,23-25,31H,13,16,22H2,1-8H3,(H,39,40,41). The minimum atomic E-state index is -4.66. The maximum atomic E-state index is 12.9. The van der Waals surface area contributed by atoms with Crippen LogP contribution >= 0.6 is 0 Å². The summed E-state index contributed by atoms with van der Waals surface area (Å²) in [4.78, 5) is 25.1. The lowest BCUT2D eigenvalue weighted by molar-refractivity contribution is -0.174. The normalized spacial score (nSPS) is 14.0. The Kier molecular flexibility index (Phi) is 12.5. The second-order valence-electron chi connectivity index (χ2n) is 13.3. The van der Waals surface area contributed by atoms with Crippen molar-refractivity contribution in [3.63, 3.8) is 0 Å². The molecule has 0 saturated heterocycles. The van der Waals surface area contributed by atoms with Crippen molar-refractivity contribution >= 4 is 22.1 Å². The summed E-state index contributed by atoms with van der Waals surface area (Å²) in [6.45, 7) is 13.2. The fourth-order valence-electron chi connectivity index (χ4n) is 4.40. The van der Waals surface area contributed by atoms with Gasteiger partial charge < -0.3 is 23.7 Å². The molecule has 0 bridgehead atoms. The summed E-state index contributed by atoms with van der Waals surface area (Å²) in [5.74, 6) is 0.250. The second kappa shape index (κ2) is 15.7. The van der Waals surface area contributed by atoms with Gasteiger partial charge in [-0.25, -0.2) is 0 Å². The predicted octanol–water partition coefficient (Wildman–Crippen LogP) is 8.06. The van der Waals surface area contributed by atoms with Gasteiger partial charge in [-0.3, -0.25) is 14.1 Å². The van der Waals surface area contributed by atoms with Gasteiger partial charge in [0.1, 0.15) is 16.7 Å². The number of aryl methyl sites for hydroxylation is 1. The molecule has 0 fully saturated rings. The molecule has 0 spiro atoms. The summed E-state index contributed by atoms with van der Waals surface area (Å²) in [6.07, 6.45) is -1.36. The maximum absolute atomic E-state index is 12.9. The van der Waals surface area contributed by atoms with Crippen LogP contribution < -0.4 is 14.2 Å². The van der Waals surface area contributed by atoms with Crippen LogP contribution in [0.3, 0.4) is 0 Å². The molecule has 0 heterocycles. The van der Waals surface area contributed by atoms with Crippen LogP contribution in [-0.2, 0) is 35.6 Å². The molecule has 10 nitrogen and oxygen atoms in total. The average Bonchev–Trinajstić information content (AvgIpc) is 2.95. The Morgan fingerprint density at radius 1 is 0.745 bits per heavy atom.